The number of aromatic nitrogens is 6. The number of aromatic carboxylic acids is 1. The van der Waals surface area contributed by atoms with Crippen molar-refractivity contribution in [2.45, 2.75) is 32.1 Å². The van der Waals surface area contributed by atoms with Crippen molar-refractivity contribution in [1.29, 1.82) is 0 Å². The van der Waals surface area contributed by atoms with Gasteiger partial charge in [0.25, 0.3) is 0 Å². The zero-order chi connectivity index (χ0) is 30.4. The summed E-state index contributed by atoms with van der Waals surface area (Å²) in [7, 11) is 1.82. The van der Waals surface area contributed by atoms with E-state index in [-0.39, 0.29) is 47.4 Å². The van der Waals surface area contributed by atoms with Crippen LogP contribution >= 0.6 is 0 Å². The minimum atomic E-state index is -1.06. The van der Waals surface area contributed by atoms with Gasteiger partial charge in [-0.1, -0.05) is 17.3 Å². The Kier molecular flexibility index (Phi) is 6.97. The molecule has 1 saturated heterocycles. The summed E-state index contributed by atoms with van der Waals surface area (Å²) in [6.07, 6.45) is 0.792. The first-order valence-electron chi connectivity index (χ1n) is 14.0. The average molecular weight is 597 g/mol. The highest BCUT2D eigenvalue weighted by atomic mass is 19.1. The maximum Gasteiger partial charge on any atom is 0.335 e. The lowest BCUT2D eigenvalue weighted by Crippen LogP contribution is -2.31. The molecule has 0 spiro atoms. The fourth-order valence-electron chi connectivity index (χ4n) is 5.35. The molecule has 1 atom stereocenters. The number of hydrogen-bond acceptors (Lipinski definition) is 7. The Morgan fingerprint density at radius 1 is 1.02 bits per heavy atom. The molecule has 0 aliphatic carbocycles. The Morgan fingerprint density at radius 3 is 2.68 bits per heavy atom. The van der Waals surface area contributed by atoms with Gasteiger partial charge < -0.3 is 19.1 Å². The topological polar surface area (TPSA) is 117 Å². The van der Waals surface area contributed by atoms with E-state index in [1.807, 2.05) is 29.8 Å². The number of carbonyl (C=O) groups is 1. The van der Waals surface area contributed by atoms with Crippen molar-refractivity contribution >= 4 is 28.0 Å². The van der Waals surface area contributed by atoms with Gasteiger partial charge in [-0.05, 0) is 66.1 Å². The number of carboxylic acids is 1. The van der Waals surface area contributed by atoms with E-state index in [9.17, 15) is 9.90 Å². The van der Waals surface area contributed by atoms with Crippen LogP contribution in [0.3, 0.4) is 0 Å². The minimum Gasteiger partial charge on any atom is -0.478 e. The standard InChI is InChI=1S/C32H26F2N6O4/c1-39-28-8-5-18(11-27(28)37-38-39)17-44-31-4-2-3-25(36-31)22-15-23(33)20(12-24(22)34)14-30-35-26-7-6-19(32(41)42)13-29(26)40(30)16-21-9-10-43-21/h2-8,11-13,15,21H,9-10,14,16-17H2,1H3,(H,41,42). The summed E-state index contributed by atoms with van der Waals surface area (Å²) in [6, 6.07) is 17.5. The number of pyridine rings is 1. The van der Waals surface area contributed by atoms with E-state index in [2.05, 4.69) is 20.3 Å². The van der Waals surface area contributed by atoms with Crippen LogP contribution in [0.15, 0.2) is 66.7 Å². The molecule has 10 nitrogen and oxygen atoms in total. The minimum absolute atomic E-state index is 0.000139. The molecule has 0 radical (unpaired) electrons. The van der Waals surface area contributed by atoms with Crippen molar-refractivity contribution < 1.29 is 28.2 Å². The second kappa shape index (κ2) is 11.1. The molecule has 1 unspecified atom stereocenters. The summed E-state index contributed by atoms with van der Waals surface area (Å²) >= 11 is 0. The van der Waals surface area contributed by atoms with E-state index >= 15 is 8.78 Å². The van der Waals surface area contributed by atoms with Gasteiger partial charge in [-0.15, -0.1) is 5.10 Å². The summed E-state index contributed by atoms with van der Waals surface area (Å²) < 4.78 is 46.0. The third-order valence-electron chi connectivity index (χ3n) is 7.80. The molecule has 1 N–H and O–H groups in total. The maximum absolute atomic E-state index is 15.5. The molecule has 1 fully saturated rings. The molecular weight excluding hydrogens is 570 g/mol. The van der Waals surface area contributed by atoms with Crippen LogP contribution in [0.5, 0.6) is 5.88 Å². The summed E-state index contributed by atoms with van der Waals surface area (Å²) in [5, 5.41) is 17.6. The van der Waals surface area contributed by atoms with E-state index in [1.54, 1.807) is 35.0 Å². The first kappa shape index (κ1) is 27.6. The fourth-order valence-corrected chi connectivity index (χ4v) is 5.35. The van der Waals surface area contributed by atoms with Crippen LogP contribution in [0.1, 0.15) is 33.7 Å². The van der Waals surface area contributed by atoms with E-state index in [1.165, 1.54) is 6.07 Å². The fraction of sp³-hybridized carbons (Fsp3) is 0.219. The predicted octanol–water partition coefficient (Wildman–Crippen LogP) is 5.32. The first-order valence-corrected chi connectivity index (χ1v) is 14.0. The van der Waals surface area contributed by atoms with Crippen molar-refractivity contribution in [2.24, 2.45) is 7.05 Å². The number of ether oxygens (including phenoxy) is 2. The lowest BCUT2D eigenvalue weighted by Gasteiger charge is -2.27. The Bertz CT molecular complexity index is 2050. The number of benzene rings is 3. The molecule has 0 bridgehead atoms. The molecule has 4 heterocycles. The van der Waals surface area contributed by atoms with Gasteiger partial charge >= 0.3 is 5.97 Å². The molecule has 1 aliphatic heterocycles. The lowest BCUT2D eigenvalue weighted by atomic mass is 10.0. The van der Waals surface area contributed by atoms with Crippen molar-refractivity contribution in [3.05, 3.63) is 101 Å². The number of carboxylic acid groups (broad SMARTS) is 1. The van der Waals surface area contributed by atoms with Gasteiger partial charge in [0.05, 0.1) is 40.5 Å². The van der Waals surface area contributed by atoms with Gasteiger partial charge in [-0.3, -0.25) is 0 Å². The lowest BCUT2D eigenvalue weighted by molar-refractivity contribution is -0.0589. The normalized spacial score (nSPS) is 14.7. The SMILES string of the molecule is Cn1nnc2cc(COc3cccc(-c4cc(F)c(Cc5nc6ccc(C(=O)O)cc6n5CC5CCO5)cc4F)n3)ccc21. The van der Waals surface area contributed by atoms with Crippen LogP contribution in [-0.2, 0) is 31.4 Å². The molecule has 7 rings (SSSR count). The molecule has 3 aromatic carbocycles. The van der Waals surface area contributed by atoms with Gasteiger partial charge in [-0.2, -0.15) is 0 Å². The molecule has 12 heteroatoms. The van der Waals surface area contributed by atoms with Gasteiger partial charge in [0.15, 0.2) is 0 Å². The third-order valence-corrected chi connectivity index (χ3v) is 7.80. The van der Waals surface area contributed by atoms with Crippen LogP contribution in [0.4, 0.5) is 8.78 Å². The second-order valence-electron chi connectivity index (χ2n) is 10.7. The van der Waals surface area contributed by atoms with Crippen molar-refractivity contribution in [2.75, 3.05) is 6.61 Å². The molecule has 3 aromatic heterocycles. The zero-order valence-electron chi connectivity index (χ0n) is 23.6. The van der Waals surface area contributed by atoms with Crippen LogP contribution < -0.4 is 4.74 Å². The van der Waals surface area contributed by atoms with Gasteiger partial charge in [0.2, 0.25) is 5.88 Å². The Hall–Kier alpha value is -5.23. The van der Waals surface area contributed by atoms with Gasteiger partial charge in [0.1, 0.15) is 29.6 Å². The number of imidazole rings is 1. The predicted molar refractivity (Wildman–Crippen MR) is 156 cm³/mol. The third kappa shape index (κ3) is 5.24. The van der Waals surface area contributed by atoms with E-state index in [0.717, 1.165) is 35.2 Å². The first-order chi connectivity index (χ1) is 21.3. The number of fused-ring (bicyclic) bond motifs is 2. The van der Waals surface area contributed by atoms with E-state index < -0.39 is 17.6 Å². The van der Waals surface area contributed by atoms with Crippen molar-refractivity contribution in [1.82, 2.24) is 29.5 Å². The molecule has 6 aromatic rings. The molecule has 222 valence electrons. The summed E-state index contributed by atoms with van der Waals surface area (Å²) in [5.41, 5.74) is 4.13. The van der Waals surface area contributed by atoms with E-state index in [4.69, 9.17) is 9.47 Å². The summed E-state index contributed by atoms with van der Waals surface area (Å²) in [6.45, 7) is 1.28. The molecule has 0 saturated carbocycles. The monoisotopic (exact) mass is 596 g/mol. The zero-order valence-corrected chi connectivity index (χ0v) is 23.6. The smallest absolute Gasteiger partial charge is 0.335 e. The largest absolute Gasteiger partial charge is 0.478 e. The number of hydrogen-bond donors (Lipinski definition) is 1. The second-order valence-corrected chi connectivity index (χ2v) is 10.7. The summed E-state index contributed by atoms with van der Waals surface area (Å²) in [5.74, 6) is -1.57. The van der Waals surface area contributed by atoms with Crippen LogP contribution in [0.2, 0.25) is 0 Å². The highest BCUT2D eigenvalue weighted by molar-refractivity contribution is 5.92. The molecule has 1 aliphatic rings. The number of nitrogens with zero attached hydrogens (tertiary/aromatic N) is 6. The Morgan fingerprint density at radius 2 is 1.89 bits per heavy atom. The number of aryl methyl sites for hydroxylation is 1. The van der Waals surface area contributed by atoms with E-state index in [0.29, 0.717) is 30.0 Å². The van der Waals surface area contributed by atoms with Gasteiger partial charge in [-0.25, -0.2) is 28.2 Å². The number of halogens is 2. The molecular formula is C32H26F2N6O4. The van der Waals surface area contributed by atoms with Crippen LogP contribution in [-0.4, -0.2) is 53.3 Å². The van der Waals surface area contributed by atoms with Crippen molar-refractivity contribution in [3.8, 4) is 17.1 Å². The van der Waals surface area contributed by atoms with Crippen LogP contribution in [0, 0.1) is 11.6 Å². The molecule has 0 amide bonds. The summed E-state index contributed by atoms with van der Waals surface area (Å²) in [4.78, 5) is 20.6. The maximum atomic E-state index is 15.5. The number of rotatable bonds is 9. The van der Waals surface area contributed by atoms with Gasteiger partial charge in [0, 0.05) is 31.7 Å². The highest BCUT2D eigenvalue weighted by Crippen LogP contribution is 2.29. The van der Waals surface area contributed by atoms with Crippen LogP contribution in [0.25, 0.3) is 33.3 Å². The van der Waals surface area contributed by atoms with Crippen molar-refractivity contribution in [3.63, 3.8) is 0 Å². The molecule has 44 heavy (non-hydrogen) atoms. The highest BCUT2D eigenvalue weighted by Gasteiger charge is 2.24. The quantitative estimate of drug-likeness (QED) is 0.239. The Labute approximate surface area is 249 Å². The Balaban J connectivity index is 1.14. The average Bonchev–Trinajstić information content (AvgIpc) is 3.54.